The van der Waals surface area contributed by atoms with E-state index in [1.54, 1.807) is 7.11 Å². The highest BCUT2D eigenvalue weighted by molar-refractivity contribution is 7.99. The van der Waals surface area contributed by atoms with Crippen molar-refractivity contribution in [2.45, 2.75) is 9.92 Å². The highest BCUT2D eigenvalue weighted by atomic mass is 35.5. The van der Waals surface area contributed by atoms with Crippen LogP contribution in [0, 0.1) is 0 Å². The topological polar surface area (TPSA) is 52.1 Å². The predicted molar refractivity (Wildman–Crippen MR) is 68.3 cm³/mol. The van der Waals surface area contributed by atoms with E-state index in [4.69, 9.17) is 16.3 Å². The molecule has 1 aromatic heterocycles. The van der Waals surface area contributed by atoms with E-state index in [1.165, 1.54) is 11.8 Å². The van der Waals surface area contributed by atoms with Gasteiger partial charge in [-0.1, -0.05) is 23.4 Å². The molecule has 0 fully saturated rings. The van der Waals surface area contributed by atoms with E-state index < -0.39 is 0 Å². The Hall–Kier alpha value is -1.11. The third kappa shape index (κ3) is 2.96. The van der Waals surface area contributed by atoms with Crippen LogP contribution in [0.4, 0.5) is 0 Å². The van der Waals surface area contributed by atoms with E-state index in [2.05, 4.69) is 8.75 Å². The highest BCUT2D eigenvalue weighted by Crippen LogP contribution is 2.26. The van der Waals surface area contributed by atoms with Crippen LogP contribution in [0.1, 0.15) is 0 Å². The van der Waals surface area contributed by atoms with Gasteiger partial charge in [0.25, 0.3) is 0 Å². The summed E-state index contributed by atoms with van der Waals surface area (Å²) in [6, 6.07) is 7.34. The summed E-state index contributed by atoms with van der Waals surface area (Å²) in [5.41, 5.74) is -0.341. The Balaban J connectivity index is 2.25. The van der Waals surface area contributed by atoms with Crippen molar-refractivity contribution < 1.29 is 4.74 Å². The zero-order valence-electron chi connectivity index (χ0n) is 8.71. The van der Waals surface area contributed by atoms with Gasteiger partial charge >= 0.3 is 0 Å². The number of hydrogen-bond acceptors (Lipinski definition) is 6. The van der Waals surface area contributed by atoms with Crippen molar-refractivity contribution in [1.29, 1.82) is 0 Å². The first-order valence-electron chi connectivity index (χ1n) is 4.55. The van der Waals surface area contributed by atoms with Crippen LogP contribution in [0.15, 0.2) is 39.0 Å². The number of benzene rings is 1. The van der Waals surface area contributed by atoms with Crippen LogP contribution < -0.4 is 10.2 Å². The van der Waals surface area contributed by atoms with Gasteiger partial charge in [0.05, 0.1) is 18.8 Å². The molecule has 0 saturated heterocycles. The molecule has 0 unspecified atom stereocenters. The lowest BCUT2D eigenvalue weighted by Gasteiger charge is -2.01. The Labute approximate surface area is 111 Å². The third-order valence-corrected chi connectivity index (χ3v) is 3.88. The Morgan fingerprint density at radius 3 is 2.65 bits per heavy atom. The maximum absolute atomic E-state index is 11.6. The molecule has 2 rings (SSSR count). The number of hydrogen-bond donors (Lipinski definition) is 0. The molecular weight excluding hydrogens is 280 g/mol. The molecule has 0 N–H and O–H groups in total. The van der Waals surface area contributed by atoms with Crippen LogP contribution in [-0.4, -0.2) is 15.9 Å². The summed E-state index contributed by atoms with van der Waals surface area (Å²) in [6.45, 7) is 0. The maximum Gasteiger partial charge on any atom is 0.250 e. The van der Waals surface area contributed by atoms with Gasteiger partial charge in [0.15, 0.2) is 10.2 Å². The number of nitrogens with zero attached hydrogens (tertiary/aromatic N) is 2. The lowest BCUT2D eigenvalue weighted by atomic mass is 10.3. The van der Waals surface area contributed by atoms with Crippen LogP contribution in [0.5, 0.6) is 5.75 Å². The summed E-state index contributed by atoms with van der Waals surface area (Å²) in [4.78, 5) is 12.5. The second-order valence-corrected chi connectivity index (χ2v) is 4.92. The van der Waals surface area contributed by atoms with Crippen LogP contribution in [-0.2, 0) is 0 Å². The number of halogens is 1. The molecule has 17 heavy (non-hydrogen) atoms. The number of methoxy groups -OCH3 is 1. The Kier molecular flexibility index (Phi) is 3.98. The fourth-order valence-corrected chi connectivity index (χ4v) is 2.61. The second kappa shape index (κ2) is 5.48. The second-order valence-electron chi connectivity index (χ2n) is 2.97. The van der Waals surface area contributed by atoms with Gasteiger partial charge in [0, 0.05) is 4.90 Å². The average molecular weight is 287 g/mol. The average Bonchev–Trinajstić information content (AvgIpc) is 2.36. The number of ether oxygens (including phenoxy) is 1. The number of rotatable bonds is 3. The van der Waals surface area contributed by atoms with Crippen LogP contribution >= 0.6 is 35.1 Å². The van der Waals surface area contributed by atoms with Gasteiger partial charge in [0.1, 0.15) is 5.75 Å². The van der Waals surface area contributed by atoms with E-state index in [0.717, 1.165) is 22.4 Å². The fraction of sp³-hybridized carbons (Fsp3) is 0.100. The molecule has 0 aliphatic carbocycles. The lowest BCUT2D eigenvalue weighted by molar-refractivity contribution is 0.414. The zero-order chi connectivity index (χ0) is 12.3. The molecule has 1 aromatic carbocycles. The standard InChI is InChI=1S/C10H7ClN2O2S2/c1-15-6-2-4-7(5-3-6)16-10-8(14)9(11)12-17-13-10/h2-5H,1H3. The first-order valence-corrected chi connectivity index (χ1v) is 6.47. The summed E-state index contributed by atoms with van der Waals surface area (Å²) in [5, 5.41) is 0.293. The van der Waals surface area contributed by atoms with E-state index in [0.29, 0.717) is 5.03 Å². The van der Waals surface area contributed by atoms with Gasteiger partial charge in [-0.15, -0.1) is 0 Å². The summed E-state index contributed by atoms with van der Waals surface area (Å²) in [5.74, 6) is 0.764. The van der Waals surface area contributed by atoms with Gasteiger partial charge in [-0.3, -0.25) is 4.79 Å². The summed E-state index contributed by atoms with van der Waals surface area (Å²) in [6.07, 6.45) is 0. The smallest absolute Gasteiger partial charge is 0.250 e. The predicted octanol–water partition coefficient (Wildman–Crippen LogP) is 2.71. The Morgan fingerprint density at radius 1 is 1.29 bits per heavy atom. The quantitative estimate of drug-likeness (QED) is 0.868. The van der Waals surface area contributed by atoms with Crippen molar-refractivity contribution >= 4 is 35.1 Å². The molecule has 0 amide bonds. The molecule has 0 saturated carbocycles. The van der Waals surface area contributed by atoms with Gasteiger partial charge in [0.2, 0.25) is 5.43 Å². The largest absolute Gasteiger partial charge is 0.497 e. The SMILES string of the molecule is COc1ccc(Sc2nsnc(Cl)c2=O)cc1. The summed E-state index contributed by atoms with van der Waals surface area (Å²) < 4.78 is 12.6. The normalized spacial score (nSPS) is 10.2. The molecule has 4 nitrogen and oxygen atoms in total. The van der Waals surface area contributed by atoms with Crippen molar-refractivity contribution in [2.75, 3.05) is 7.11 Å². The summed E-state index contributed by atoms with van der Waals surface area (Å²) >= 11 is 7.81. The van der Waals surface area contributed by atoms with Crippen LogP contribution in [0.25, 0.3) is 0 Å². The maximum atomic E-state index is 11.6. The van der Waals surface area contributed by atoms with Gasteiger partial charge in [-0.2, -0.15) is 8.75 Å². The molecule has 0 aliphatic rings. The number of aromatic nitrogens is 2. The minimum Gasteiger partial charge on any atom is -0.497 e. The molecular formula is C10H7ClN2O2S2. The van der Waals surface area contributed by atoms with E-state index in [1.807, 2.05) is 24.3 Å². The molecule has 2 aromatic rings. The molecule has 7 heteroatoms. The minimum absolute atomic E-state index is 0.0407. The van der Waals surface area contributed by atoms with Gasteiger partial charge in [-0.05, 0) is 24.3 Å². The third-order valence-electron chi connectivity index (χ3n) is 1.90. The Bertz CT molecular complexity index is 571. The van der Waals surface area contributed by atoms with Gasteiger partial charge in [-0.25, -0.2) is 0 Å². The molecule has 0 bridgehead atoms. The fourth-order valence-electron chi connectivity index (χ4n) is 1.08. The first kappa shape index (κ1) is 12.3. The van der Waals surface area contributed by atoms with Gasteiger partial charge < -0.3 is 4.74 Å². The molecule has 88 valence electrons. The first-order chi connectivity index (χ1) is 8.20. The lowest BCUT2D eigenvalue weighted by Crippen LogP contribution is -2.06. The van der Waals surface area contributed by atoms with Crippen LogP contribution in [0.2, 0.25) is 5.15 Å². The molecule has 1 heterocycles. The van der Waals surface area contributed by atoms with Crippen molar-refractivity contribution in [3.63, 3.8) is 0 Å². The van der Waals surface area contributed by atoms with Crippen LogP contribution in [0.3, 0.4) is 0 Å². The van der Waals surface area contributed by atoms with E-state index in [9.17, 15) is 4.79 Å². The van der Waals surface area contributed by atoms with Crippen molar-refractivity contribution in [3.05, 3.63) is 39.6 Å². The molecule has 0 aliphatic heterocycles. The monoisotopic (exact) mass is 286 g/mol. The molecule has 0 atom stereocenters. The molecule has 0 spiro atoms. The Morgan fingerprint density at radius 2 is 2.00 bits per heavy atom. The van der Waals surface area contributed by atoms with E-state index >= 15 is 0 Å². The zero-order valence-corrected chi connectivity index (χ0v) is 11.1. The minimum atomic E-state index is -0.341. The van der Waals surface area contributed by atoms with E-state index in [-0.39, 0.29) is 10.6 Å². The highest BCUT2D eigenvalue weighted by Gasteiger charge is 2.08. The van der Waals surface area contributed by atoms with Crippen molar-refractivity contribution in [1.82, 2.24) is 8.75 Å². The summed E-state index contributed by atoms with van der Waals surface area (Å²) in [7, 11) is 1.60. The van der Waals surface area contributed by atoms with Crippen molar-refractivity contribution in [3.8, 4) is 5.75 Å². The van der Waals surface area contributed by atoms with Crippen molar-refractivity contribution in [2.24, 2.45) is 0 Å². The molecule has 0 radical (unpaired) electrons.